The summed E-state index contributed by atoms with van der Waals surface area (Å²) >= 11 is 0. The van der Waals surface area contributed by atoms with Crippen molar-refractivity contribution in [2.45, 2.75) is 43.3 Å². The fraction of sp³-hybridized carbons (Fsp3) is 0.909. The topological polar surface area (TPSA) is 101 Å². The highest BCUT2D eigenvalue weighted by molar-refractivity contribution is 5.79. The number of carbonyl (C=O) groups is 1. The highest BCUT2D eigenvalue weighted by Gasteiger charge is 2.50. The average Bonchev–Trinajstić information content (AvgIpc) is 2.58. The third kappa shape index (κ3) is 2.29. The predicted molar refractivity (Wildman–Crippen MR) is 66.2 cm³/mol. The van der Waals surface area contributed by atoms with Gasteiger partial charge in [0, 0.05) is 30.1 Å². The summed E-state index contributed by atoms with van der Waals surface area (Å²) in [5.41, 5.74) is 7.37. The van der Waals surface area contributed by atoms with Crippen molar-refractivity contribution in [3.8, 4) is 0 Å². The molecule has 0 radical (unpaired) electrons. The van der Waals surface area contributed by atoms with Gasteiger partial charge in [-0.25, -0.2) is 0 Å². The van der Waals surface area contributed by atoms with Gasteiger partial charge in [0.2, 0.25) is 0 Å². The van der Waals surface area contributed by atoms with E-state index in [4.69, 9.17) is 5.53 Å². The van der Waals surface area contributed by atoms with Crippen LogP contribution in [0.1, 0.15) is 25.7 Å². The van der Waals surface area contributed by atoms with Crippen LogP contribution in [0, 0.1) is 0 Å². The fourth-order valence-electron chi connectivity index (χ4n) is 3.25. The molecule has 2 bridgehead atoms. The first-order chi connectivity index (χ1) is 8.59. The van der Waals surface area contributed by atoms with E-state index in [1.54, 1.807) is 0 Å². The maximum atomic E-state index is 11.6. The van der Waals surface area contributed by atoms with E-state index in [0.717, 1.165) is 12.8 Å². The molecule has 2 fully saturated rings. The lowest BCUT2D eigenvalue weighted by atomic mass is 9.83. The van der Waals surface area contributed by atoms with Crippen LogP contribution in [-0.4, -0.2) is 53.7 Å². The second-order valence-corrected chi connectivity index (χ2v) is 5.23. The van der Waals surface area contributed by atoms with Crippen molar-refractivity contribution in [2.75, 3.05) is 20.1 Å². The molecule has 0 saturated carbocycles. The molecule has 18 heavy (non-hydrogen) atoms. The van der Waals surface area contributed by atoms with Gasteiger partial charge in [0.05, 0.1) is 0 Å². The van der Waals surface area contributed by atoms with Crippen molar-refractivity contribution in [3.05, 3.63) is 10.4 Å². The van der Waals surface area contributed by atoms with Crippen LogP contribution in [0.15, 0.2) is 5.11 Å². The second-order valence-electron chi connectivity index (χ2n) is 5.23. The van der Waals surface area contributed by atoms with E-state index in [-0.39, 0.29) is 6.54 Å². The van der Waals surface area contributed by atoms with Crippen molar-refractivity contribution >= 4 is 5.97 Å². The normalized spacial score (nSPS) is 35.2. The highest BCUT2D eigenvalue weighted by Crippen LogP contribution is 2.39. The molecular weight excluding hydrogens is 234 g/mol. The molecule has 0 amide bonds. The first kappa shape index (κ1) is 13.1. The van der Waals surface area contributed by atoms with Crippen LogP contribution in [0.4, 0.5) is 0 Å². The lowest BCUT2D eigenvalue weighted by molar-refractivity contribution is -0.148. The third-order valence-corrected chi connectivity index (χ3v) is 4.30. The lowest BCUT2D eigenvalue weighted by Crippen LogP contribution is -2.61. The van der Waals surface area contributed by atoms with Crippen molar-refractivity contribution in [1.29, 1.82) is 0 Å². The molecule has 100 valence electrons. The van der Waals surface area contributed by atoms with E-state index in [1.807, 2.05) is 0 Å². The standard InChI is InChI=1S/C11H19N5O2/c1-16-8-2-3-9(16)7-11(6-8,10(17)18)13-4-5-14-15-12/h8-9,13H,2-7H2,1H3,(H,17,18). The van der Waals surface area contributed by atoms with Gasteiger partial charge in [-0.3, -0.25) is 4.79 Å². The Balaban J connectivity index is 2.04. The summed E-state index contributed by atoms with van der Waals surface area (Å²) in [7, 11) is 2.08. The minimum absolute atomic E-state index is 0.288. The number of piperidine rings is 1. The molecule has 2 N–H and O–H groups in total. The van der Waals surface area contributed by atoms with Crippen molar-refractivity contribution < 1.29 is 9.90 Å². The SMILES string of the molecule is CN1C2CCC1CC(NCCN=[N+]=[N-])(C(=O)O)C2. The zero-order valence-electron chi connectivity index (χ0n) is 10.5. The minimum Gasteiger partial charge on any atom is -0.480 e. The zero-order chi connectivity index (χ0) is 13.2. The zero-order valence-corrected chi connectivity index (χ0v) is 10.5. The van der Waals surface area contributed by atoms with Crippen LogP contribution in [0.2, 0.25) is 0 Å². The number of nitrogens with zero attached hydrogens (tertiary/aromatic N) is 4. The number of rotatable bonds is 5. The third-order valence-electron chi connectivity index (χ3n) is 4.30. The number of hydrogen-bond acceptors (Lipinski definition) is 4. The number of azide groups is 1. The molecule has 2 rings (SSSR count). The van der Waals surface area contributed by atoms with Gasteiger partial charge in [0.1, 0.15) is 5.54 Å². The van der Waals surface area contributed by atoms with Crippen LogP contribution in [0.5, 0.6) is 0 Å². The van der Waals surface area contributed by atoms with Gasteiger partial charge >= 0.3 is 5.97 Å². The van der Waals surface area contributed by atoms with E-state index in [0.29, 0.717) is 31.5 Å². The van der Waals surface area contributed by atoms with Crippen molar-refractivity contribution in [3.63, 3.8) is 0 Å². The van der Waals surface area contributed by atoms with Gasteiger partial charge in [-0.2, -0.15) is 0 Å². The number of carboxylic acid groups (broad SMARTS) is 1. The summed E-state index contributed by atoms with van der Waals surface area (Å²) in [6.07, 6.45) is 3.42. The minimum atomic E-state index is -0.844. The van der Waals surface area contributed by atoms with E-state index >= 15 is 0 Å². The van der Waals surface area contributed by atoms with Crippen LogP contribution >= 0.6 is 0 Å². The van der Waals surface area contributed by atoms with Crippen LogP contribution in [-0.2, 0) is 4.79 Å². The molecule has 0 aromatic carbocycles. The van der Waals surface area contributed by atoms with Crippen molar-refractivity contribution in [1.82, 2.24) is 10.2 Å². The Morgan fingerprint density at radius 2 is 2.17 bits per heavy atom. The summed E-state index contributed by atoms with van der Waals surface area (Å²) in [6.45, 7) is 0.705. The first-order valence-electron chi connectivity index (χ1n) is 6.30. The largest absolute Gasteiger partial charge is 0.480 e. The molecule has 7 nitrogen and oxygen atoms in total. The Kier molecular flexibility index (Phi) is 3.75. The smallest absolute Gasteiger partial charge is 0.324 e. The molecule has 2 aliphatic rings. The monoisotopic (exact) mass is 253 g/mol. The van der Waals surface area contributed by atoms with Crippen LogP contribution in [0.3, 0.4) is 0 Å². The molecule has 2 saturated heterocycles. The van der Waals surface area contributed by atoms with Gasteiger partial charge in [-0.05, 0) is 38.3 Å². The highest BCUT2D eigenvalue weighted by atomic mass is 16.4. The second kappa shape index (κ2) is 5.14. The summed E-state index contributed by atoms with van der Waals surface area (Å²) in [6, 6.07) is 0.707. The fourth-order valence-corrected chi connectivity index (χ4v) is 3.25. The number of nitrogens with one attached hydrogen (secondary N) is 1. The Labute approximate surface area is 106 Å². The Morgan fingerprint density at radius 3 is 2.67 bits per heavy atom. The number of fused-ring (bicyclic) bond motifs is 2. The number of hydrogen-bond donors (Lipinski definition) is 2. The Bertz CT molecular complexity index is 366. The molecular formula is C11H19N5O2. The maximum Gasteiger partial charge on any atom is 0.324 e. The van der Waals surface area contributed by atoms with Gasteiger partial charge in [-0.1, -0.05) is 5.11 Å². The van der Waals surface area contributed by atoms with E-state index in [2.05, 4.69) is 27.3 Å². The van der Waals surface area contributed by atoms with Crippen LogP contribution in [0.25, 0.3) is 10.4 Å². The molecule has 0 spiro atoms. The lowest BCUT2D eigenvalue weighted by Gasteiger charge is -2.43. The van der Waals surface area contributed by atoms with E-state index in [1.165, 1.54) is 0 Å². The molecule has 2 aliphatic heterocycles. The Morgan fingerprint density at radius 1 is 1.56 bits per heavy atom. The molecule has 2 atom stereocenters. The Hall–Kier alpha value is -1.30. The average molecular weight is 253 g/mol. The maximum absolute atomic E-state index is 11.6. The van der Waals surface area contributed by atoms with Gasteiger partial charge in [-0.15, -0.1) is 0 Å². The van der Waals surface area contributed by atoms with E-state index in [9.17, 15) is 9.90 Å². The molecule has 2 heterocycles. The van der Waals surface area contributed by atoms with Gasteiger partial charge < -0.3 is 15.3 Å². The summed E-state index contributed by atoms with van der Waals surface area (Å²) in [5.74, 6) is -0.784. The molecule has 0 aromatic rings. The predicted octanol–water partition coefficient (Wildman–Crippen LogP) is 0.966. The quantitative estimate of drug-likeness (QED) is 0.330. The molecule has 0 aromatic heterocycles. The summed E-state index contributed by atoms with van der Waals surface area (Å²) < 4.78 is 0. The van der Waals surface area contributed by atoms with Crippen molar-refractivity contribution in [2.24, 2.45) is 5.11 Å². The van der Waals surface area contributed by atoms with Crippen LogP contribution < -0.4 is 5.32 Å². The summed E-state index contributed by atoms with van der Waals surface area (Å²) in [4.78, 5) is 16.6. The first-order valence-corrected chi connectivity index (χ1v) is 6.30. The van der Waals surface area contributed by atoms with Gasteiger partial charge in [0.15, 0.2) is 0 Å². The number of carboxylic acids is 1. The van der Waals surface area contributed by atoms with E-state index < -0.39 is 11.5 Å². The molecule has 2 unspecified atom stereocenters. The molecule has 0 aliphatic carbocycles. The van der Waals surface area contributed by atoms with Gasteiger partial charge in [0.25, 0.3) is 0 Å². The molecule has 7 heteroatoms. The summed E-state index contributed by atoms with van der Waals surface area (Å²) in [5, 5.41) is 16.0. The number of aliphatic carboxylic acids is 1.